The smallest absolute Gasteiger partial charge is 0.407 e. The summed E-state index contributed by atoms with van der Waals surface area (Å²) in [6.07, 6.45) is 8.67. The van der Waals surface area contributed by atoms with Crippen LogP contribution in [0, 0.1) is 16.7 Å². The van der Waals surface area contributed by atoms with Gasteiger partial charge >= 0.3 is 6.09 Å². The summed E-state index contributed by atoms with van der Waals surface area (Å²) >= 11 is 0. The monoisotopic (exact) mass is 770 g/mol. The number of hydrogen-bond donors (Lipinski definition) is 2. The molecular formula is C42H50N4O8S. The normalized spacial score (nSPS) is 28.6. The minimum atomic E-state index is -3.86. The molecule has 3 fully saturated rings. The Labute approximate surface area is 322 Å². The highest BCUT2D eigenvalue weighted by atomic mass is 32.2. The number of fused-ring (bicyclic) bond motifs is 6. The average Bonchev–Trinajstić information content (AvgIpc) is 4.06. The number of allylic oxidation sites excluding steroid dienone is 2. The standard InChI is InChI=1S/C42H50N4O8S/c1-5-27-23-42(27,39(49)45-55(51,52)29-17-18-29)24-35(47)34-22-28-25-46(34)38(48)37(41(2,3)4)43-40(50)53-20-12-8-6-7-9-13-26-16-19-31-30-14-10-11-15-32(30)36(44-54-28)33(31)21-26/h5,9-11,13-16,19,21,27-29,34,37H,1,6-8,12,17-18,20,22-25H2,2-4H3,(H,43,50)(H,45,49)/b13-9+,44-36-/t27-,28-,34+,37-,42-/m1/s1. The third-order valence-electron chi connectivity index (χ3n) is 11.5. The van der Waals surface area contributed by atoms with Gasteiger partial charge in [0.2, 0.25) is 21.8 Å². The molecule has 1 saturated heterocycles. The van der Waals surface area contributed by atoms with Crippen LogP contribution in [0.2, 0.25) is 0 Å². The molecule has 12 nitrogen and oxygen atoms in total. The fourth-order valence-electron chi connectivity index (χ4n) is 8.02. The molecule has 13 heteroatoms. The Bertz CT molecular complexity index is 2070. The van der Waals surface area contributed by atoms with Crippen molar-refractivity contribution < 1.29 is 37.2 Å². The zero-order valence-corrected chi connectivity index (χ0v) is 32.5. The van der Waals surface area contributed by atoms with Gasteiger partial charge in [0, 0.05) is 24.0 Å². The van der Waals surface area contributed by atoms with Gasteiger partial charge in [-0.1, -0.05) is 80.6 Å². The summed E-state index contributed by atoms with van der Waals surface area (Å²) in [5.74, 6) is -2.04. The van der Waals surface area contributed by atoms with Crippen LogP contribution in [0.1, 0.15) is 95.2 Å². The van der Waals surface area contributed by atoms with Crippen LogP contribution in [-0.2, 0) is 34.0 Å². The molecule has 0 spiro atoms. The second-order valence-corrected chi connectivity index (χ2v) is 18.6. The summed E-state index contributed by atoms with van der Waals surface area (Å²) in [6.45, 7) is 9.47. The van der Waals surface area contributed by atoms with Gasteiger partial charge in [0.15, 0.2) is 5.78 Å². The van der Waals surface area contributed by atoms with Gasteiger partial charge in [0.25, 0.3) is 0 Å². The Kier molecular flexibility index (Phi) is 10.5. The lowest BCUT2D eigenvalue weighted by Gasteiger charge is -2.35. The van der Waals surface area contributed by atoms with E-state index in [1.807, 2.05) is 45.0 Å². The largest absolute Gasteiger partial charge is 0.450 e. The Morgan fingerprint density at radius 2 is 1.80 bits per heavy atom. The summed E-state index contributed by atoms with van der Waals surface area (Å²) in [5, 5.41) is 6.86. The van der Waals surface area contributed by atoms with E-state index in [0.29, 0.717) is 25.0 Å². The molecule has 2 saturated carbocycles. The van der Waals surface area contributed by atoms with Crippen molar-refractivity contribution in [2.45, 2.75) is 102 Å². The number of rotatable bonds is 7. The number of cyclic esters (lactones) is 1. The number of nitrogens with zero attached hydrogens (tertiary/aromatic N) is 2. The van der Waals surface area contributed by atoms with Crippen LogP contribution < -0.4 is 10.0 Å². The number of sulfonamides is 1. The SMILES string of the molecule is C=C[C@@H]1C[C@]1(CC(=O)[C@@H]1C[C@@H]2CN1C(=O)[C@H](C(C)(C)C)NC(=O)OCCCCC/C=C/c1ccc3c(c1)/C(=N\O2)c1ccccc1-3)C(=O)NS(=O)(=O)C1CC1. The Morgan fingerprint density at radius 3 is 2.51 bits per heavy atom. The number of alkyl carbamates (subject to hydrolysis) is 1. The minimum absolute atomic E-state index is 0.00719. The maximum Gasteiger partial charge on any atom is 0.407 e. The van der Waals surface area contributed by atoms with E-state index in [1.165, 1.54) is 4.90 Å². The van der Waals surface area contributed by atoms with E-state index in [-0.39, 0.29) is 32.4 Å². The maximum absolute atomic E-state index is 14.6. The number of hydrogen-bond acceptors (Lipinski definition) is 9. The number of amides is 3. The van der Waals surface area contributed by atoms with Crippen molar-refractivity contribution >= 4 is 45.5 Å². The Morgan fingerprint density at radius 1 is 1.05 bits per heavy atom. The van der Waals surface area contributed by atoms with Crippen LogP contribution in [0.15, 0.2) is 66.4 Å². The van der Waals surface area contributed by atoms with Crippen LogP contribution >= 0.6 is 0 Å². The van der Waals surface area contributed by atoms with Gasteiger partial charge in [0.1, 0.15) is 17.9 Å². The molecule has 2 N–H and O–H groups in total. The number of carbonyl (C=O) groups is 4. The fourth-order valence-corrected chi connectivity index (χ4v) is 9.41. The molecule has 5 aliphatic rings. The topological polar surface area (TPSA) is 161 Å². The lowest BCUT2D eigenvalue weighted by Crippen LogP contribution is -2.57. The maximum atomic E-state index is 14.6. The van der Waals surface area contributed by atoms with Crippen molar-refractivity contribution in [3.05, 3.63) is 77.9 Å². The average molecular weight is 771 g/mol. The highest BCUT2D eigenvalue weighted by molar-refractivity contribution is 7.90. The third kappa shape index (κ3) is 7.99. The summed E-state index contributed by atoms with van der Waals surface area (Å²) in [4.78, 5) is 63.3. The fraction of sp³-hybridized carbons (Fsp3) is 0.500. The van der Waals surface area contributed by atoms with E-state index < -0.39 is 73.9 Å². The van der Waals surface area contributed by atoms with E-state index in [4.69, 9.17) is 14.7 Å². The molecule has 3 amide bonds. The van der Waals surface area contributed by atoms with Crippen molar-refractivity contribution in [1.29, 1.82) is 0 Å². The van der Waals surface area contributed by atoms with Gasteiger partial charge in [-0.25, -0.2) is 13.2 Å². The lowest BCUT2D eigenvalue weighted by atomic mass is 9.85. The zero-order valence-electron chi connectivity index (χ0n) is 31.7. The molecule has 5 atom stereocenters. The lowest BCUT2D eigenvalue weighted by molar-refractivity contribution is -0.142. The molecule has 4 bridgehead atoms. The van der Waals surface area contributed by atoms with Gasteiger partial charge in [-0.2, -0.15) is 0 Å². The number of nitrogens with one attached hydrogen (secondary N) is 2. The molecule has 0 unspecified atom stereocenters. The molecular weight excluding hydrogens is 721 g/mol. The highest BCUT2D eigenvalue weighted by Crippen LogP contribution is 2.57. The van der Waals surface area contributed by atoms with Crippen molar-refractivity contribution in [3.63, 3.8) is 0 Å². The molecule has 0 radical (unpaired) electrons. The van der Waals surface area contributed by atoms with Crippen LogP contribution in [0.25, 0.3) is 17.2 Å². The zero-order chi connectivity index (χ0) is 39.1. The molecule has 2 aromatic rings. The number of oxime groups is 1. The first-order valence-corrected chi connectivity index (χ1v) is 20.9. The number of ether oxygens (including phenoxy) is 1. The van der Waals surface area contributed by atoms with E-state index >= 15 is 0 Å². The number of carbonyl (C=O) groups excluding carboxylic acids is 4. The predicted molar refractivity (Wildman–Crippen MR) is 208 cm³/mol. The van der Waals surface area contributed by atoms with Crippen LogP contribution in [0.3, 0.4) is 0 Å². The third-order valence-corrected chi connectivity index (χ3v) is 13.3. The Balaban J connectivity index is 1.22. The number of ketones is 1. The van der Waals surface area contributed by atoms with Crippen molar-refractivity contribution in [2.24, 2.45) is 21.9 Å². The van der Waals surface area contributed by atoms with Crippen molar-refractivity contribution in [2.75, 3.05) is 13.2 Å². The quantitative estimate of drug-likeness (QED) is 0.281. The molecule has 55 heavy (non-hydrogen) atoms. The van der Waals surface area contributed by atoms with Crippen LogP contribution in [0.5, 0.6) is 0 Å². The number of benzene rings is 2. The summed E-state index contributed by atoms with van der Waals surface area (Å²) in [7, 11) is -3.86. The first-order chi connectivity index (χ1) is 26.2. The van der Waals surface area contributed by atoms with E-state index in [2.05, 4.69) is 47.0 Å². The van der Waals surface area contributed by atoms with Gasteiger partial charge in [-0.15, -0.1) is 6.58 Å². The summed E-state index contributed by atoms with van der Waals surface area (Å²) in [6, 6.07) is 12.1. The first-order valence-electron chi connectivity index (χ1n) is 19.3. The first kappa shape index (κ1) is 38.5. The van der Waals surface area contributed by atoms with E-state index in [1.54, 1.807) is 6.08 Å². The van der Waals surface area contributed by atoms with Crippen LogP contribution in [0.4, 0.5) is 4.79 Å². The summed E-state index contributed by atoms with van der Waals surface area (Å²) < 4.78 is 33.2. The predicted octanol–water partition coefficient (Wildman–Crippen LogP) is 5.89. The molecule has 292 valence electrons. The molecule has 3 aliphatic carbocycles. The van der Waals surface area contributed by atoms with E-state index in [9.17, 15) is 27.6 Å². The molecule has 0 aromatic heterocycles. The van der Waals surface area contributed by atoms with E-state index in [0.717, 1.165) is 47.1 Å². The molecule has 2 aliphatic heterocycles. The van der Waals surface area contributed by atoms with Gasteiger partial charge in [-0.05, 0) is 79.0 Å². The van der Waals surface area contributed by atoms with Crippen molar-refractivity contribution in [1.82, 2.24) is 14.9 Å². The van der Waals surface area contributed by atoms with Gasteiger partial charge in [0.05, 0.1) is 29.9 Å². The van der Waals surface area contributed by atoms with Gasteiger partial charge < -0.3 is 19.8 Å². The minimum Gasteiger partial charge on any atom is -0.450 e. The Hall–Kier alpha value is -4.78. The second kappa shape index (κ2) is 15.0. The molecule has 2 heterocycles. The van der Waals surface area contributed by atoms with Gasteiger partial charge in [-0.3, -0.25) is 19.1 Å². The highest BCUT2D eigenvalue weighted by Gasteiger charge is 2.61. The molecule has 7 rings (SSSR count). The van der Waals surface area contributed by atoms with Crippen molar-refractivity contribution in [3.8, 4) is 11.1 Å². The second-order valence-electron chi connectivity index (χ2n) is 16.6. The number of Topliss-reactive ketones (excluding diaryl/α,β-unsaturated/α-hetero) is 1. The van der Waals surface area contributed by atoms with Crippen LogP contribution in [-0.4, -0.2) is 79.3 Å². The summed E-state index contributed by atoms with van der Waals surface area (Å²) in [5.41, 5.74) is 3.47. The molecule has 2 aromatic carbocycles.